The lowest BCUT2D eigenvalue weighted by molar-refractivity contribution is -0.120. The fraction of sp³-hybridized carbons (Fsp3) is 0.364. The molecule has 0 aliphatic heterocycles. The Morgan fingerprint density at radius 1 is 1.53 bits per heavy atom. The average Bonchev–Trinajstić information content (AvgIpc) is 2.20. The van der Waals surface area contributed by atoms with E-state index < -0.39 is 0 Å². The SMILES string of the molecule is CCOCC(=O)Nc1ccc(C)c(N)c1. The van der Waals surface area contributed by atoms with Crippen LogP contribution in [0.3, 0.4) is 0 Å². The number of nitrogens with two attached hydrogens (primary N) is 1. The molecule has 1 amide bonds. The Balaban J connectivity index is 2.57. The smallest absolute Gasteiger partial charge is 0.250 e. The number of aryl methyl sites for hydroxylation is 1. The van der Waals surface area contributed by atoms with Crippen LogP contribution >= 0.6 is 0 Å². The van der Waals surface area contributed by atoms with Crippen molar-refractivity contribution in [2.24, 2.45) is 0 Å². The number of carbonyl (C=O) groups excluding carboxylic acids is 1. The predicted octanol–water partition coefficient (Wildman–Crippen LogP) is 1.55. The van der Waals surface area contributed by atoms with Gasteiger partial charge < -0.3 is 15.8 Å². The van der Waals surface area contributed by atoms with Crippen molar-refractivity contribution in [1.82, 2.24) is 0 Å². The Morgan fingerprint density at radius 2 is 2.27 bits per heavy atom. The first-order chi connectivity index (χ1) is 7.13. The van der Waals surface area contributed by atoms with E-state index in [4.69, 9.17) is 10.5 Å². The normalized spacial score (nSPS) is 10.0. The summed E-state index contributed by atoms with van der Waals surface area (Å²) in [7, 11) is 0. The van der Waals surface area contributed by atoms with E-state index >= 15 is 0 Å². The van der Waals surface area contributed by atoms with Crippen LogP contribution in [0, 0.1) is 6.92 Å². The lowest BCUT2D eigenvalue weighted by atomic mass is 10.2. The topological polar surface area (TPSA) is 64.3 Å². The van der Waals surface area contributed by atoms with E-state index in [0.717, 1.165) is 5.56 Å². The lowest BCUT2D eigenvalue weighted by Crippen LogP contribution is -2.18. The first-order valence-corrected chi connectivity index (χ1v) is 4.87. The molecular weight excluding hydrogens is 192 g/mol. The van der Waals surface area contributed by atoms with Gasteiger partial charge in [0.15, 0.2) is 0 Å². The van der Waals surface area contributed by atoms with Gasteiger partial charge in [-0.3, -0.25) is 4.79 Å². The second kappa shape index (κ2) is 5.36. The quantitative estimate of drug-likeness (QED) is 0.738. The summed E-state index contributed by atoms with van der Waals surface area (Å²) in [4.78, 5) is 11.3. The van der Waals surface area contributed by atoms with Gasteiger partial charge in [-0.05, 0) is 31.5 Å². The van der Waals surface area contributed by atoms with Crippen molar-refractivity contribution in [3.05, 3.63) is 23.8 Å². The maximum atomic E-state index is 11.3. The van der Waals surface area contributed by atoms with Crippen molar-refractivity contribution in [3.63, 3.8) is 0 Å². The second-order valence-electron chi connectivity index (χ2n) is 3.26. The Bertz CT molecular complexity index is 350. The molecule has 4 nitrogen and oxygen atoms in total. The summed E-state index contributed by atoms with van der Waals surface area (Å²) in [6, 6.07) is 5.42. The predicted molar refractivity (Wildman–Crippen MR) is 60.7 cm³/mol. The summed E-state index contributed by atoms with van der Waals surface area (Å²) < 4.78 is 4.98. The largest absolute Gasteiger partial charge is 0.398 e. The molecule has 0 fully saturated rings. The van der Waals surface area contributed by atoms with E-state index in [1.165, 1.54) is 0 Å². The summed E-state index contributed by atoms with van der Waals surface area (Å²) in [6.45, 7) is 4.37. The second-order valence-corrected chi connectivity index (χ2v) is 3.26. The highest BCUT2D eigenvalue weighted by Crippen LogP contribution is 2.16. The Morgan fingerprint density at radius 3 is 2.87 bits per heavy atom. The zero-order valence-corrected chi connectivity index (χ0v) is 9.04. The number of amides is 1. The van der Waals surface area contributed by atoms with Gasteiger partial charge in [0.2, 0.25) is 5.91 Å². The molecule has 0 aromatic heterocycles. The van der Waals surface area contributed by atoms with Crippen LogP contribution in [-0.4, -0.2) is 19.1 Å². The highest BCUT2D eigenvalue weighted by atomic mass is 16.5. The summed E-state index contributed by atoms with van der Waals surface area (Å²) in [5.41, 5.74) is 8.08. The molecule has 0 bridgehead atoms. The molecule has 0 saturated carbocycles. The van der Waals surface area contributed by atoms with Crippen LogP contribution < -0.4 is 11.1 Å². The molecule has 1 rings (SSSR count). The van der Waals surface area contributed by atoms with Gasteiger partial charge in [-0.1, -0.05) is 6.07 Å². The molecule has 0 unspecified atom stereocenters. The van der Waals surface area contributed by atoms with Crippen molar-refractivity contribution >= 4 is 17.3 Å². The molecule has 0 atom stereocenters. The van der Waals surface area contributed by atoms with Crippen molar-refractivity contribution in [2.45, 2.75) is 13.8 Å². The van der Waals surface area contributed by atoms with Crippen LogP contribution in [0.2, 0.25) is 0 Å². The maximum Gasteiger partial charge on any atom is 0.250 e. The average molecular weight is 208 g/mol. The number of anilines is 2. The van der Waals surface area contributed by atoms with Crippen molar-refractivity contribution in [2.75, 3.05) is 24.3 Å². The molecule has 0 aliphatic carbocycles. The molecule has 0 spiro atoms. The number of benzene rings is 1. The molecule has 0 saturated heterocycles. The van der Waals surface area contributed by atoms with Crippen molar-refractivity contribution < 1.29 is 9.53 Å². The fourth-order valence-electron chi connectivity index (χ4n) is 1.11. The molecule has 0 heterocycles. The molecule has 82 valence electrons. The zero-order valence-electron chi connectivity index (χ0n) is 9.04. The van der Waals surface area contributed by atoms with E-state index in [9.17, 15) is 4.79 Å². The Hall–Kier alpha value is -1.55. The Kier molecular flexibility index (Phi) is 4.12. The molecule has 0 radical (unpaired) electrons. The minimum Gasteiger partial charge on any atom is -0.398 e. The third kappa shape index (κ3) is 3.59. The minimum atomic E-state index is -0.167. The van der Waals surface area contributed by atoms with Gasteiger partial charge in [-0.15, -0.1) is 0 Å². The highest BCUT2D eigenvalue weighted by Gasteiger charge is 2.02. The number of ether oxygens (including phenoxy) is 1. The molecule has 1 aromatic rings. The van der Waals surface area contributed by atoms with Gasteiger partial charge in [-0.2, -0.15) is 0 Å². The molecule has 0 aliphatic rings. The van der Waals surface area contributed by atoms with Gasteiger partial charge in [0.05, 0.1) is 0 Å². The number of nitrogens with one attached hydrogen (secondary N) is 1. The van der Waals surface area contributed by atoms with Crippen LogP contribution in [0.1, 0.15) is 12.5 Å². The van der Waals surface area contributed by atoms with Crippen LogP contribution in [0.4, 0.5) is 11.4 Å². The van der Waals surface area contributed by atoms with Crippen LogP contribution in [0.15, 0.2) is 18.2 Å². The summed E-state index contributed by atoms with van der Waals surface area (Å²) in [5.74, 6) is -0.167. The van der Waals surface area contributed by atoms with E-state index in [-0.39, 0.29) is 12.5 Å². The Labute approximate surface area is 89.4 Å². The van der Waals surface area contributed by atoms with Gasteiger partial charge in [0.1, 0.15) is 6.61 Å². The first-order valence-electron chi connectivity index (χ1n) is 4.87. The molecular formula is C11H16N2O2. The monoisotopic (exact) mass is 208 g/mol. The van der Waals surface area contributed by atoms with Gasteiger partial charge in [0, 0.05) is 18.0 Å². The number of rotatable bonds is 4. The van der Waals surface area contributed by atoms with Gasteiger partial charge >= 0.3 is 0 Å². The fourth-order valence-corrected chi connectivity index (χ4v) is 1.11. The standard InChI is InChI=1S/C11H16N2O2/c1-3-15-7-11(14)13-9-5-4-8(2)10(12)6-9/h4-6H,3,7,12H2,1-2H3,(H,13,14). The summed E-state index contributed by atoms with van der Waals surface area (Å²) in [6.07, 6.45) is 0. The summed E-state index contributed by atoms with van der Waals surface area (Å²) >= 11 is 0. The van der Waals surface area contributed by atoms with E-state index in [2.05, 4.69) is 5.32 Å². The van der Waals surface area contributed by atoms with E-state index in [1.807, 2.05) is 26.0 Å². The molecule has 4 heteroatoms. The summed E-state index contributed by atoms with van der Waals surface area (Å²) in [5, 5.41) is 2.70. The first kappa shape index (κ1) is 11.5. The third-order valence-electron chi connectivity index (χ3n) is 2.00. The van der Waals surface area contributed by atoms with Crippen LogP contribution in [0.5, 0.6) is 0 Å². The number of carbonyl (C=O) groups is 1. The molecule has 15 heavy (non-hydrogen) atoms. The van der Waals surface area contributed by atoms with Gasteiger partial charge in [-0.25, -0.2) is 0 Å². The third-order valence-corrected chi connectivity index (χ3v) is 2.00. The number of hydrogen-bond donors (Lipinski definition) is 2. The lowest BCUT2D eigenvalue weighted by Gasteiger charge is -2.07. The number of hydrogen-bond acceptors (Lipinski definition) is 3. The maximum absolute atomic E-state index is 11.3. The van der Waals surface area contributed by atoms with Crippen molar-refractivity contribution in [3.8, 4) is 0 Å². The van der Waals surface area contributed by atoms with Crippen LogP contribution in [0.25, 0.3) is 0 Å². The van der Waals surface area contributed by atoms with Gasteiger partial charge in [0.25, 0.3) is 0 Å². The number of nitrogen functional groups attached to an aromatic ring is 1. The van der Waals surface area contributed by atoms with Crippen molar-refractivity contribution in [1.29, 1.82) is 0 Å². The zero-order chi connectivity index (χ0) is 11.3. The van der Waals surface area contributed by atoms with Crippen LogP contribution in [-0.2, 0) is 9.53 Å². The highest BCUT2D eigenvalue weighted by molar-refractivity contribution is 5.92. The van der Waals surface area contributed by atoms with E-state index in [0.29, 0.717) is 18.0 Å². The van der Waals surface area contributed by atoms with E-state index in [1.54, 1.807) is 6.07 Å². The molecule has 1 aromatic carbocycles. The molecule has 3 N–H and O–H groups in total. The minimum absolute atomic E-state index is 0.0737.